The van der Waals surface area contributed by atoms with Gasteiger partial charge in [-0.25, -0.2) is 0 Å². The van der Waals surface area contributed by atoms with Crippen LogP contribution in [0.4, 0.5) is 0 Å². The van der Waals surface area contributed by atoms with Crippen molar-refractivity contribution in [3.8, 4) is 11.5 Å². The molecule has 0 N–H and O–H groups in total. The highest BCUT2D eigenvalue weighted by molar-refractivity contribution is 5.95. The van der Waals surface area contributed by atoms with E-state index in [1.165, 1.54) is 0 Å². The number of aromatic nitrogens is 2. The van der Waals surface area contributed by atoms with Crippen molar-refractivity contribution in [2.45, 2.75) is 32.4 Å². The normalized spacial score (nSPS) is 17.2. The SMILES string of the molecule is Cc1ccn(Cc2ccc3c(c2)OCO3)c(=O)c1C(=O)N1CCCC1c1cccnc1. The fourth-order valence-electron chi connectivity index (χ4n) is 4.36. The standard InChI is InChI=1S/C24H23N3O4/c1-16-8-11-26(14-17-6-7-20-21(12-17)31-15-30-20)23(28)22(16)24(29)27-10-3-5-19(27)18-4-2-9-25-13-18/h2,4,6-9,11-13,19H,3,5,10,14-15H2,1H3. The zero-order valence-electron chi connectivity index (χ0n) is 17.3. The Labute approximate surface area is 179 Å². The average Bonchev–Trinajstić information content (AvgIpc) is 3.45. The molecule has 2 aliphatic heterocycles. The molecule has 1 atom stereocenters. The van der Waals surface area contributed by atoms with Gasteiger partial charge in [0, 0.05) is 25.1 Å². The molecule has 3 aromatic rings. The summed E-state index contributed by atoms with van der Waals surface area (Å²) in [6, 6.07) is 11.3. The zero-order chi connectivity index (χ0) is 21.4. The largest absolute Gasteiger partial charge is 0.454 e. The van der Waals surface area contributed by atoms with Crippen molar-refractivity contribution >= 4 is 5.91 Å². The fourth-order valence-corrected chi connectivity index (χ4v) is 4.36. The van der Waals surface area contributed by atoms with E-state index < -0.39 is 0 Å². The van der Waals surface area contributed by atoms with Crippen LogP contribution in [0.2, 0.25) is 0 Å². The Morgan fingerprint density at radius 3 is 2.90 bits per heavy atom. The number of benzene rings is 1. The van der Waals surface area contributed by atoms with Gasteiger partial charge in [-0.05, 0) is 60.7 Å². The Kier molecular flexibility index (Phi) is 4.94. The molecule has 1 amide bonds. The molecule has 0 radical (unpaired) electrons. The number of nitrogens with zero attached hydrogens (tertiary/aromatic N) is 3. The van der Waals surface area contributed by atoms with Gasteiger partial charge in [0.25, 0.3) is 11.5 Å². The van der Waals surface area contributed by atoms with Crippen LogP contribution in [0.5, 0.6) is 11.5 Å². The lowest BCUT2D eigenvalue weighted by molar-refractivity contribution is 0.0732. The van der Waals surface area contributed by atoms with Gasteiger partial charge < -0.3 is 18.9 Å². The predicted octanol–water partition coefficient (Wildman–Crippen LogP) is 3.31. The highest BCUT2D eigenvalue weighted by atomic mass is 16.7. The summed E-state index contributed by atoms with van der Waals surface area (Å²) in [5, 5.41) is 0. The molecule has 1 unspecified atom stereocenters. The van der Waals surface area contributed by atoms with Gasteiger partial charge >= 0.3 is 0 Å². The van der Waals surface area contributed by atoms with Crippen molar-refractivity contribution in [2.75, 3.05) is 13.3 Å². The molecule has 2 aromatic heterocycles. The lowest BCUT2D eigenvalue weighted by Crippen LogP contribution is -2.37. The molecule has 7 heteroatoms. The Hall–Kier alpha value is -3.61. The van der Waals surface area contributed by atoms with Gasteiger partial charge in [-0.3, -0.25) is 14.6 Å². The van der Waals surface area contributed by atoms with E-state index in [4.69, 9.17) is 9.47 Å². The number of hydrogen-bond acceptors (Lipinski definition) is 5. The summed E-state index contributed by atoms with van der Waals surface area (Å²) in [5.41, 5.74) is 2.55. The Morgan fingerprint density at radius 1 is 1.19 bits per heavy atom. The molecule has 5 rings (SSSR count). The summed E-state index contributed by atoms with van der Waals surface area (Å²) in [7, 11) is 0. The molecule has 0 spiro atoms. The van der Waals surface area contributed by atoms with Crippen molar-refractivity contribution < 1.29 is 14.3 Å². The van der Waals surface area contributed by atoms with E-state index >= 15 is 0 Å². The first kappa shape index (κ1) is 19.4. The second kappa shape index (κ2) is 7.91. The number of fused-ring (bicyclic) bond motifs is 1. The first-order chi connectivity index (χ1) is 15.1. The number of ether oxygens (including phenoxy) is 2. The maximum Gasteiger partial charge on any atom is 0.263 e. The molecular formula is C24H23N3O4. The average molecular weight is 417 g/mol. The summed E-state index contributed by atoms with van der Waals surface area (Å²) >= 11 is 0. The van der Waals surface area contributed by atoms with Crippen LogP contribution < -0.4 is 15.0 Å². The van der Waals surface area contributed by atoms with E-state index in [1.54, 1.807) is 23.2 Å². The zero-order valence-corrected chi connectivity index (χ0v) is 17.3. The Bertz CT molecular complexity index is 1190. The summed E-state index contributed by atoms with van der Waals surface area (Å²) in [5.74, 6) is 1.16. The summed E-state index contributed by atoms with van der Waals surface area (Å²) in [6.45, 7) is 3.00. The minimum absolute atomic E-state index is 0.0532. The second-order valence-corrected chi connectivity index (χ2v) is 7.94. The lowest BCUT2D eigenvalue weighted by Gasteiger charge is -2.25. The van der Waals surface area contributed by atoms with Crippen LogP contribution in [-0.2, 0) is 6.54 Å². The number of likely N-dealkylation sites (tertiary alicyclic amines) is 1. The van der Waals surface area contributed by atoms with Crippen molar-refractivity contribution in [1.82, 2.24) is 14.5 Å². The maximum absolute atomic E-state index is 13.5. The van der Waals surface area contributed by atoms with E-state index in [0.29, 0.717) is 30.2 Å². The van der Waals surface area contributed by atoms with E-state index in [-0.39, 0.29) is 29.9 Å². The molecule has 7 nitrogen and oxygen atoms in total. The highest BCUT2D eigenvalue weighted by Gasteiger charge is 2.33. The van der Waals surface area contributed by atoms with Gasteiger partial charge in [-0.1, -0.05) is 12.1 Å². The summed E-state index contributed by atoms with van der Waals surface area (Å²) < 4.78 is 12.4. The van der Waals surface area contributed by atoms with Gasteiger partial charge in [-0.15, -0.1) is 0 Å². The molecule has 0 saturated carbocycles. The molecule has 31 heavy (non-hydrogen) atoms. The van der Waals surface area contributed by atoms with E-state index in [0.717, 1.165) is 24.0 Å². The molecular weight excluding hydrogens is 394 g/mol. The molecule has 0 bridgehead atoms. The quantitative estimate of drug-likeness (QED) is 0.651. The lowest BCUT2D eigenvalue weighted by atomic mass is 10.0. The summed E-state index contributed by atoms with van der Waals surface area (Å²) in [4.78, 5) is 32.8. The number of carbonyl (C=O) groups excluding carboxylic acids is 1. The topological polar surface area (TPSA) is 73.7 Å². The molecule has 1 aromatic carbocycles. The number of carbonyl (C=O) groups is 1. The van der Waals surface area contributed by atoms with Crippen LogP contribution in [0.25, 0.3) is 0 Å². The van der Waals surface area contributed by atoms with Crippen LogP contribution in [-0.4, -0.2) is 33.7 Å². The van der Waals surface area contributed by atoms with Crippen LogP contribution in [0.3, 0.4) is 0 Å². The first-order valence-electron chi connectivity index (χ1n) is 10.4. The number of aryl methyl sites for hydroxylation is 1. The van der Waals surface area contributed by atoms with Crippen molar-refractivity contribution in [3.05, 3.63) is 87.6 Å². The molecule has 2 aliphatic rings. The van der Waals surface area contributed by atoms with Gasteiger partial charge in [0.15, 0.2) is 11.5 Å². The Balaban J connectivity index is 1.45. The minimum Gasteiger partial charge on any atom is -0.454 e. The third kappa shape index (κ3) is 3.56. The third-order valence-electron chi connectivity index (χ3n) is 5.96. The van der Waals surface area contributed by atoms with Crippen LogP contribution in [0.15, 0.2) is 59.8 Å². The van der Waals surface area contributed by atoms with E-state index in [2.05, 4.69) is 4.98 Å². The van der Waals surface area contributed by atoms with Gasteiger partial charge in [-0.2, -0.15) is 0 Å². The smallest absolute Gasteiger partial charge is 0.263 e. The van der Waals surface area contributed by atoms with Gasteiger partial charge in [0.05, 0.1) is 12.6 Å². The third-order valence-corrected chi connectivity index (χ3v) is 5.96. The molecule has 4 heterocycles. The molecule has 158 valence electrons. The second-order valence-electron chi connectivity index (χ2n) is 7.94. The van der Waals surface area contributed by atoms with Crippen molar-refractivity contribution in [3.63, 3.8) is 0 Å². The van der Waals surface area contributed by atoms with Gasteiger partial charge in [0.1, 0.15) is 5.56 Å². The monoisotopic (exact) mass is 417 g/mol. The van der Waals surface area contributed by atoms with Crippen LogP contribution >= 0.6 is 0 Å². The van der Waals surface area contributed by atoms with E-state index in [1.807, 2.05) is 48.2 Å². The van der Waals surface area contributed by atoms with Crippen LogP contribution in [0.1, 0.15) is 45.9 Å². The fraction of sp³-hybridized carbons (Fsp3) is 0.292. The summed E-state index contributed by atoms with van der Waals surface area (Å²) in [6.07, 6.45) is 7.03. The molecule has 1 fully saturated rings. The minimum atomic E-state index is -0.278. The number of pyridine rings is 2. The van der Waals surface area contributed by atoms with Gasteiger partial charge in [0.2, 0.25) is 6.79 Å². The number of hydrogen-bond donors (Lipinski definition) is 0. The Morgan fingerprint density at radius 2 is 2.06 bits per heavy atom. The number of rotatable bonds is 4. The van der Waals surface area contributed by atoms with Crippen molar-refractivity contribution in [1.29, 1.82) is 0 Å². The maximum atomic E-state index is 13.5. The molecule has 1 saturated heterocycles. The van der Waals surface area contributed by atoms with E-state index in [9.17, 15) is 9.59 Å². The number of amides is 1. The first-order valence-corrected chi connectivity index (χ1v) is 10.4. The van der Waals surface area contributed by atoms with Crippen LogP contribution in [0, 0.1) is 6.92 Å². The molecule has 0 aliphatic carbocycles. The highest BCUT2D eigenvalue weighted by Crippen LogP contribution is 2.33. The predicted molar refractivity (Wildman–Crippen MR) is 114 cm³/mol. The van der Waals surface area contributed by atoms with Crippen molar-refractivity contribution in [2.24, 2.45) is 0 Å².